The number of nitrogens with one attached hydrogen (secondary N) is 3. The zero-order valence-electron chi connectivity index (χ0n) is 14.2. The molecule has 1 aromatic heterocycles. The van der Waals surface area contributed by atoms with Crippen molar-refractivity contribution in [1.29, 1.82) is 0 Å². The molecule has 3 N–H and O–H groups in total. The Morgan fingerprint density at radius 1 is 0.846 bits per heavy atom. The first-order chi connectivity index (χ1) is 12.8. The van der Waals surface area contributed by atoms with Crippen LogP contribution in [-0.2, 0) is 0 Å². The molecule has 2 aromatic carbocycles. The maximum absolute atomic E-state index is 13.9. The van der Waals surface area contributed by atoms with Crippen LogP contribution in [0.1, 0.15) is 19.3 Å². The Morgan fingerprint density at radius 3 is 2.15 bits per heavy atom. The number of hydrogen-bond donors (Lipinski definition) is 3. The van der Waals surface area contributed by atoms with E-state index in [-0.39, 0.29) is 5.82 Å². The molecule has 0 bridgehead atoms. The SMILES string of the molecule is Fc1cnc(Nc2ccc(Nc3ccccc3)cc2)nc1NC1CCC1. The summed E-state index contributed by atoms with van der Waals surface area (Å²) in [6.45, 7) is 0. The van der Waals surface area contributed by atoms with Gasteiger partial charge in [0.2, 0.25) is 5.95 Å². The largest absolute Gasteiger partial charge is 0.365 e. The molecule has 3 aromatic rings. The molecule has 5 nitrogen and oxygen atoms in total. The first kappa shape index (κ1) is 16.3. The van der Waals surface area contributed by atoms with Crippen LogP contribution in [0.4, 0.5) is 33.2 Å². The van der Waals surface area contributed by atoms with Gasteiger partial charge in [-0.1, -0.05) is 18.2 Å². The first-order valence-corrected chi connectivity index (χ1v) is 8.74. The van der Waals surface area contributed by atoms with Crippen molar-refractivity contribution < 1.29 is 4.39 Å². The van der Waals surface area contributed by atoms with Crippen molar-refractivity contribution in [3.63, 3.8) is 0 Å². The van der Waals surface area contributed by atoms with Gasteiger partial charge in [-0.15, -0.1) is 0 Å². The maximum atomic E-state index is 13.9. The number of rotatable bonds is 6. The van der Waals surface area contributed by atoms with E-state index in [2.05, 4.69) is 25.9 Å². The molecule has 1 heterocycles. The molecule has 0 atom stereocenters. The highest BCUT2D eigenvalue weighted by Gasteiger charge is 2.19. The van der Waals surface area contributed by atoms with Gasteiger partial charge in [0.15, 0.2) is 11.6 Å². The third-order valence-corrected chi connectivity index (χ3v) is 4.39. The molecular formula is C20H20FN5. The van der Waals surface area contributed by atoms with Crippen molar-refractivity contribution in [2.75, 3.05) is 16.0 Å². The predicted octanol–water partition coefficient (Wildman–Crippen LogP) is 5.07. The highest BCUT2D eigenvalue weighted by Crippen LogP contribution is 2.25. The Balaban J connectivity index is 1.43. The fraction of sp³-hybridized carbons (Fsp3) is 0.200. The summed E-state index contributed by atoms with van der Waals surface area (Å²) < 4.78 is 13.9. The van der Waals surface area contributed by atoms with Gasteiger partial charge in [0.25, 0.3) is 0 Å². The van der Waals surface area contributed by atoms with Crippen LogP contribution in [0, 0.1) is 5.82 Å². The fourth-order valence-corrected chi connectivity index (χ4v) is 2.73. The topological polar surface area (TPSA) is 61.9 Å². The molecular weight excluding hydrogens is 329 g/mol. The summed E-state index contributed by atoms with van der Waals surface area (Å²) in [7, 11) is 0. The molecule has 0 unspecified atom stereocenters. The summed E-state index contributed by atoms with van der Waals surface area (Å²) in [6, 6.07) is 18.1. The van der Waals surface area contributed by atoms with Crippen molar-refractivity contribution in [3.05, 3.63) is 66.6 Å². The number of hydrogen-bond acceptors (Lipinski definition) is 5. The van der Waals surface area contributed by atoms with Gasteiger partial charge in [0.1, 0.15) is 0 Å². The minimum absolute atomic E-state index is 0.259. The molecule has 1 aliphatic carbocycles. The lowest BCUT2D eigenvalue weighted by Gasteiger charge is -2.27. The van der Waals surface area contributed by atoms with E-state index in [4.69, 9.17) is 0 Å². The average Bonchev–Trinajstić information content (AvgIpc) is 2.63. The van der Waals surface area contributed by atoms with E-state index in [9.17, 15) is 4.39 Å². The van der Waals surface area contributed by atoms with Crippen LogP contribution in [0.25, 0.3) is 0 Å². The van der Waals surface area contributed by atoms with E-state index in [1.165, 1.54) is 12.6 Å². The van der Waals surface area contributed by atoms with Crippen molar-refractivity contribution >= 4 is 28.8 Å². The molecule has 0 saturated heterocycles. The normalized spacial score (nSPS) is 13.7. The molecule has 0 radical (unpaired) electrons. The third-order valence-electron chi connectivity index (χ3n) is 4.39. The molecule has 26 heavy (non-hydrogen) atoms. The number of nitrogens with zero attached hydrogens (tertiary/aromatic N) is 2. The summed E-state index contributed by atoms with van der Waals surface area (Å²) in [5.74, 6) is 0.205. The van der Waals surface area contributed by atoms with E-state index in [0.717, 1.165) is 29.9 Å². The van der Waals surface area contributed by atoms with Crippen molar-refractivity contribution in [3.8, 4) is 0 Å². The summed E-state index contributed by atoms with van der Waals surface area (Å²) in [5.41, 5.74) is 2.85. The van der Waals surface area contributed by atoms with Crippen molar-refractivity contribution in [1.82, 2.24) is 9.97 Å². The Morgan fingerprint density at radius 2 is 1.50 bits per heavy atom. The maximum Gasteiger partial charge on any atom is 0.229 e. The molecule has 0 aliphatic heterocycles. The molecule has 6 heteroatoms. The summed E-state index contributed by atoms with van der Waals surface area (Å²) in [6.07, 6.45) is 4.49. The molecule has 132 valence electrons. The van der Waals surface area contributed by atoms with Crippen LogP contribution in [0.3, 0.4) is 0 Å². The van der Waals surface area contributed by atoms with Crippen LogP contribution in [0.2, 0.25) is 0 Å². The smallest absolute Gasteiger partial charge is 0.229 e. The lowest BCUT2D eigenvalue weighted by atomic mass is 9.93. The Bertz CT molecular complexity index is 863. The van der Waals surface area contributed by atoms with E-state index in [1.54, 1.807) is 0 Å². The summed E-state index contributed by atoms with van der Waals surface area (Å²) in [5, 5.41) is 9.58. The highest BCUT2D eigenvalue weighted by molar-refractivity contribution is 5.64. The second kappa shape index (κ2) is 7.39. The van der Waals surface area contributed by atoms with Crippen molar-refractivity contribution in [2.45, 2.75) is 25.3 Å². The molecule has 1 saturated carbocycles. The second-order valence-electron chi connectivity index (χ2n) is 6.36. The number of halogens is 1. The Labute approximate surface area is 151 Å². The standard InChI is InChI=1S/C20H20FN5/c21-18-13-22-20(26-19(18)24-15-7-4-8-15)25-17-11-9-16(10-12-17)23-14-5-2-1-3-6-14/h1-3,5-6,9-13,15,23H,4,7-8H2,(H2,22,24,25,26). The van der Waals surface area contributed by atoms with Gasteiger partial charge in [0.05, 0.1) is 6.20 Å². The lowest BCUT2D eigenvalue weighted by molar-refractivity contribution is 0.441. The van der Waals surface area contributed by atoms with E-state index < -0.39 is 5.82 Å². The first-order valence-electron chi connectivity index (χ1n) is 8.74. The van der Waals surface area contributed by atoms with Gasteiger partial charge < -0.3 is 16.0 Å². The highest BCUT2D eigenvalue weighted by atomic mass is 19.1. The zero-order valence-corrected chi connectivity index (χ0v) is 14.2. The summed E-state index contributed by atoms with van der Waals surface area (Å²) >= 11 is 0. The molecule has 1 aliphatic rings. The van der Waals surface area contributed by atoms with Gasteiger partial charge in [-0.05, 0) is 55.7 Å². The van der Waals surface area contributed by atoms with E-state index >= 15 is 0 Å². The molecule has 0 spiro atoms. The Hall–Kier alpha value is -3.15. The average molecular weight is 349 g/mol. The van der Waals surface area contributed by atoms with E-state index in [0.29, 0.717) is 12.0 Å². The van der Waals surface area contributed by atoms with Crippen LogP contribution in [-0.4, -0.2) is 16.0 Å². The molecule has 1 fully saturated rings. The molecule has 4 rings (SSSR count). The zero-order chi connectivity index (χ0) is 17.8. The number of benzene rings is 2. The predicted molar refractivity (Wildman–Crippen MR) is 103 cm³/mol. The van der Waals surface area contributed by atoms with Gasteiger partial charge in [-0.25, -0.2) is 9.37 Å². The minimum Gasteiger partial charge on any atom is -0.365 e. The number of aromatic nitrogens is 2. The second-order valence-corrected chi connectivity index (χ2v) is 6.36. The lowest BCUT2D eigenvalue weighted by Crippen LogP contribution is -2.28. The van der Waals surface area contributed by atoms with Crippen LogP contribution in [0.15, 0.2) is 60.8 Å². The summed E-state index contributed by atoms with van der Waals surface area (Å²) in [4.78, 5) is 8.28. The number of anilines is 5. The van der Waals surface area contributed by atoms with Gasteiger partial charge in [-0.3, -0.25) is 0 Å². The van der Waals surface area contributed by atoms with Gasteiger partial charge in [0, 0.05) is 23.1 Å². The molecule has 0 amide bonds. The minimum atomic E-state index is -0.426. The number of para-hydroxylation sites is 1. The van der Waals surface area contributed by atoms with E-state index in [1.807, 2.05) is 54.6 Å². The van der Waals surface area contributed by atoms with Crippen LogP contribution in [0.5, 0.6) is 0 Å². The third kappa shape index (κ3) is 3.91. The van der Waals surface area contributed by atoms with Gasteiger partial charge in [-0.2, -0.15) is 4.98 Å². The van der Waals surface area contributed by atoms with Gasteiger partial charge >= 0.3 is 0 Å². The quantitative estimate of drug-likeness (QED) is 0.580. The van der Waals surface area contributed by atoms with Crippen LogP contribution < -0.4 is 16.0 Å². The fourth-order valence-electron chi connectivity index (χ4n) is 2.73. The Kier molecular flexibility index (Phi) is 4.64. The monoisotopic (exact) mass is 349 g/mol. The van der Waals surface area contributed by atoms with Crippen LogP contribution >= 0.6 is 0 Å². The van der Waals surface area contributed by atoms with Crippen molar-refractivity contribution in [2.24, 2.45) is 0 Å².